The molecule has 2 N–H and O–H groups in total. The Morgan fingerprint density at radius 2 is 2.12 bits per heavy atom. The standard InChI is InChI=1S/C12H15ClN4/c1-8-15-9(2)17(16-8)11-4-3-10(5-6-14)12(13)7-11/h3-4,7H,5-6,14H2,1-2H3. The van der Waals surface area contributed by atoms with Crippen molar-refractivity contribution in [1.82, 2.24) is 14.8 Å². The van der Waals surface area contributed by atoms with Crippen molar-refractivity contribution in [3.63, 3.8) is 0 Å². The highest BCUT2D eigenvalue weighted by atomic mass is 35.5. The van der Waals surface area contributed by atoms with Crippen LogP contribution in [0, 0.1) is 13.8 Å². The second-order valence-electron chi connectivity index (χ2n) is 3.93. The van der Waals surface area contributed by atoms with Crippen LogP contribution in [0.4, 0.5) is 0 Å². The maximum absolute atomic E-state index is 6.20. The molecule has 1 aromatic carbocycles. The third-order valence-electron chi connectivity index (χ3n) is 2.57. The quantitative estimate of drug-likeness (QED) is 0.907. The van der Waals surface area contributed by atoms with Crippen molar-refractivity contribution in [3.05, 3.63) is 40.4 Å². The van der Waals surface area contributed by atoms with Gasteiger partial charge in [-0.15, -0.1) is 0 Å². The Morgan fingerprint density at radius 3 is 2.65 bits per heavy atom. The van der Waals surface area contributed by atoms with E-state index in [1.54, 1.807) is 4.68 Å². The van der Waals surface area contributed by atoms with Gasteiger partial charge in [-0.25, -0.2) is 9.67 Å². The predicted octanol–water partition coefficient (Wildman–Crippen LogP) is 2.04. The molecule has 0 fully saturated rings. The van der Waals surface area contributed by atoms with Gasteiger partial charge in [0.2, 0.25) is 0 Å². The smallest absolute Gasteiger partial charge is 0.148 e. The molecule has 0 aliphatic heterocycles. The number of benzene rings is 1. The van der Waals surface area contributed by atoms with Crippen LogP contribution in [0.5, 0.6) is 0 Å². The molecule has 0 saturated carbocycles. The lowest BCUT2D eigenvalue weighted by Gasteiger charge is -2.07. The first-order valence-corrected chi connectivity index (χ1v) is 5.88. The highest BCUT2D eigenvalue weighted by molar-refractivity contribution is 6.31. The predicted molar refractivity (Wildman–Crippen MR) is 68.6 cm³/mol. The summed E-state index contributed by atoms with van der Waals surface area (Å²) < 4.78 is 1.79. The first-order chi connectivity index (χ1) is 8.11. The molecular weight excluding hydrogens is 236 g/mol. The number of halogens is 1. The first-order valence-electron chi connectivity index (χ1n) is 5.51. The fraction of sp³-hybridized carbons (Fsp3) is 0.333. The Hall–Kier alpha value is -1.39. The van der Waals surface area contributed by atoms with Gasteiger partial charge >= 0.3 is 0 Å². The Morgan fingerprint density at radius 1 is 1.35 bits per heavy atom. The van der Waals surface area contributed by atoms with E-state index in [-0.39, 0.29) is 0 Å². The van der Waals surface area contributed by atoms with E-state index in [1.807, 2.05) is 32.0 Å². The Balaban J connectivity index is 2.41. The maximum atomic E-state index is 6.20. The van der Waals surface area contributed by atoms with Crippen LogP contribution in [0.1, 0.15) is 17.2 Å². The van der Waals surface area contributed by atoms with Crippen LogP contribution in [0.25, 0.3) is 5.69 Å². The van der Waals surface area contributed by atoms with E-state index >= 15 is 0 Å². The minimum atomic E-state index is 0.598. The molecule has 0 unspecified atom stereocenters. The number of nitrogens with two attached hydrogens (primary N) is 1. The Labute approximate surface area is 105 Å². The maximum Gasteiger partial charge on any atom is 0.148 e. The molecule has 0 radical (unpaired) electrons. The highest BCUT2D eigenvalue weighted by Crippen LogP contribution is 2.21. The summed E-state index contributed by atoms with van der Waals surface area (Å²) in [5.74, 6) is 1.61. The van der Waals surface area contributed by atoms with E-state index < -0.39 is 0 Å². The summed E-state index contributed by atoms with van der Waals surface area (Å²) in [4.78, 5) is 4.26. The fourth-order valence-corrected chi connectivity index (χ4v) is 2.06. The molecule has 90 valence electrons. The molecule has 1 aromatic heterocycles. The third-order valence-corrected chi connectivity index (χ3v) is 2.92. The molecule has 0 bridgehead atoms. The molecule has 0 aliphatic carbocycles. The number of aromatic nitrogens is 3. The highest BCUT2D eigenvalue weighted by Gasteiger charge is 2.07. The molecule has 0 spiro atoms. The lowest BCUT2D eigenvalue weighted by molar-refractivity contribution is 0.829. The summed E-state index contributed by atoms with van der Waals surface area (Å²) in [6.45, 7) is 4.39. The summed E-state index contributed by atoms with van der Waals surface area (Å²) in [6, 6.07) is 5.87. The summed E-state index contributed by atoms with van der Waals surface area (Å²) in [5.41, 5.74) is 7.51. The van der Waals surface area contributed by atoms with Crippen LogP contribution in [0.2, 0.25) is 5.02 Å². The van der Waals surface area contributed by atoms with Crippen molar-refractivity contribution in [2.75, 3.05) is 6.54 Å². The zero-order valence-electron chi connectivity index (χ0n) is 9.94. The van der Waals surface area contributed by atoms with Gasteiger partial charge in [0.25, 0.3) is 0 Å². The van der Waals surface area contributed by atoms with E-state index in [9.17, 15) is 0 Å². The number of aryl methyl sites for hydroxylation is 2. The first kappa shape index (κ1) is 12.1. The Kier molecular flexibility index (Phi) is 3.45. The SMILES string of the molecule is Cc1nc(C)n(-c2ccc(CCN)c(Cl)c2)n1. The van der Waals surface area contributed by atoms with Crippen LogP contribution < -0.4 is 5.73 Å². The van der Waals surface area contributed by atoms with E-state index in [1.165, 1.54) is 0 Å². The van der Waals surface area contributed by atoms with Crippen molar-refractivity contribution >= 4 is 11.6 Å². The molecule has 0 aliphatic rings. The number of nitrogens with zero attached hydrogens (tertiary/aromatic N) is 3. The number of rotatable bonds is 3. The topological polar surface area (TPSA) is 56.7 Å². The molecule has 0 saturated heterocycles. The third kappa shape index (κ3) is 2.48. The van der Waals surface area contributed by atoms with E-state index in [2.05, 4.69) is 10.1 Å². The van der Waals surface area contributed by atoms with Crippen molar-refractivity contribution in [2.24, 2.45) is 5.73 Å². The van der Waals surface area contributed by atoms with Crippen LogP contribution in [-0.2, 0) is 6.42 Å². The van der Waals surface area contributed by atoms with Crippen LogP contribution in [0.15, 0.2) is 18.2 Å². The zero-order chi connectivity index (χ0) is 12.4. The normalized spacial score (nSPS) is 10.8. The van der Waals surface area contributed by atoms with Crippen molar-refractivity contribution < 1.29 is 0 Å². The average Bonchev–Trinajstić information content (AvgIpc) is 2.61. The van der Waals surface area contributed by atoms with Gasteiger partial charge in [0, 0.05) is 5.02 Å². The molecule has 0 amide bonds. The number of hydrogen-bond donors (Lipinski definition) is 1. The molecule has 17 heavy (non-hydrogen) atoms. The summed E-state index contributed by atoms with van der Waals surface area (Å²) in [5, 5.41) is 5.04. The summed E-state index contributed by atoms with van der Waals surface area (Å²) >= 11 is 6.20. The molecule has 5 heteroatoms. The minimum absolute atomic E-state index is 0.598. The fourth-order valence-electron chi connectivity index (χ4n) is 1.79. The monoisotopic (exact) mass is 250 g/mol. The van der Waals surface area contributed by atoms with E-state index in [0.29, 0.717) is 6.54 Å². The Bertz CT molecular complexity index is 533. The largest absolute Gasteiger partial charge is 0.330 e. The lowest BCUT2D eigenvalue weighted by atomic mass is 10.1. The summed E-state index contributed by atoms with van der Waals surface area (Å²) in [7, 11) is 0. The molecule has 0 atom stereocenters. The molecule has 4 nitrogen and oxygen atoms in total. The van der Waals surface area contributed by atoms with Gasteiger partial charge < -0.3 is 5.73 Å². The number of hydrogen-bond acceptors (Lipinski definition) is 3. The van der Waals surface area contributed by atoms with Gasteiger partial charge in [-0.1, -0.05) is 17.7 Å². The van der Waals surface area contributed by atoms with Crippen molar-refractivity contribution in [3.8, 4) is 5.69 Å². The van der Waals surface area contributed by atoms with Crippen LogP contribution in [-0.4, -0.2) is 21.3 Å². The van der Waals surface area contributed by atoms with E-state index in [0.717, 1.165) is 34.3 Å². The lowest BCUT2D eigenvalue weighted by Crippen LogP contribution is -2.04. The molecule has 2 aromatic rings. The van der Waals surface area contributed by atoms with Crippen molar-refractivity contribution in [2.45, 2.75) is 20.3 Å². The van der Waals surface area contributed by atoms with Gasteiger partial charge in [-0.2, -0.15) is 5.10 Å². The molecule has 1 heterocycles. The van der Waals surface area contributed by atoms with E-state index in [4.69, 9.17) is 17.3 Å². The summed E-state index contributed by atoms with van der Waals surface area (Å²) in [6.07, 6.45) is 0.786. The molecule has 2 rings (SSSR count). The van der Waals surface area contributed by atoms with Gasteiger partial charge in [0.05, 0.1) is 5.69 Å². The average molecular weight is 251 g/mol. The van der Waals surface area contributed by atoms with Crippen LogP contribution >= 0.6 is 11.6 Å². The van der Waals surface area contributed by atoms with Crippen molar-refractivity contribution in [1.29, 1.82) is 0 Å². The van der Waals surface area contributed by atoms with Crippen LogP contribution in [0.3, 0.4) is 0 Å². The van der Waals surface area contributed by atoms with Gasteiger partial charge in [0.15, 0.2) is 0 Å². The second kappa shape index (κ2) is 4.85. The molecular formula is C12H15ClN4. The zero-order valence-corrected chi connectivity index (χ0v) is 10.7. The minimum Gasteiger partial charge on any atom is -0.330 e. The van der Waals surface area contributed by atoms with Gasteiger partial charge in [0.1, 0.15) is 11.6 Å². The second-order valence-corrected chi connectivity index (χ2v) is 4.34. The van der Waals surface area contributed by atoms with Gasteiger partial charge in [-0.05, 0) is 44.5 Å². The van der Waals surface area contributed by atoms with Gasteiger partial charge in [-0.3, -0.25) is 0 Å².